The van der Waals surface area contributed by atoms with Gasteiger partial charge in [-0.2, -0.15) is 0 Å². The summed E-state index contributed by atoms with van der Waals surface area (Å²) < 4.78 is 5.45. The van der Waals surface area contributed by atoms with Crippen molar-refractivity contribution in [2.45, 2.75) is 6.92 Å². The number of carbonyl (C=O) groups excluding carboxylic acids is 1. The molecule has 3 rings (SSSR count). The van der Waals surface area contributed by atoms with Crippen LogP contribution in [-0.4, -0.2) is 28.6 Å². The van der Waals surface area contributed by atoms with E-state index in [2.05, 4.69) is 0 Å². The maximum absolute atomic E-state index is 13.1. The molecule has 3 aromatic carbocycles. The summed E-state index contributed by atoms with van der Waals surface area (Å²) in [4.78, 5) is 24.9. The molecule has 5 nitrogen and oxygen atoms in total. The first-order valence-electron chi connectivity index (χ1n) is 8.44. The molecular weight excluding hydrogens is 344 g/mol. The van der Waals surface area contributed by atoms with Gasteiger partial charge in [0.1, 0.15) is 11.5 Å². The van der Waals surface area contributed by atoms with Crippen LogP contribution in [0.2, 0.25) is 0 Å². The molecule has 0 fully saturated rings. The largest absolute Gasteiger partial charge is 0.508 e. The van der Waals surface area contributed by atoms with Crippen molar-refractivity contribution in [3.05, 3.63) is 83.4 Å². The van der Waals surface area contributed by atoms with Crippen LogP contribution >= 0.6 is 0 Å². The lowest BCUT2D eigenvalue weighted by atomic mass is 9.90. The maximum atomic E-state index is 13.1. The number of ether oxygens (including phenoxy) is 1. The smallest absolute Gasteiger partial charge is 0.336 e. The van der Waals surface area contributed by atoms with E-state index in [4.69, 9.17) is 4.74 Å². The Kier molecular flexibility index (Phi) is 5.22. The van der Waals surface area contributed by atoms with Gasteiger partial charge < -0.3 is 14.9 Å². The minimum atomic E-state index is -1.19. The molecule has 0 bridgehead atoms. The van der Waals surface area contributed by atoms with Gasteiger partial charge >= 0.3 is 5.97 Å². The van der Waals surface area contributed by atoms with Gasteiger partial charge in [-0.15, -0.1) is 0 Å². The van der Waals surface area contributed by atoms with E-state index in [1.165, 1.54) is 18.2 Å². The van der Waals surface area contributed by atoms with Crippen molar-refractivity contribution in [1.82, 2.24) is 0 Å². The van der Waals surface area contributed by atoms with Crippen LogP contribution in [-0.2, 0) is 0 Å². The third-order valence-electron chi connectivity index (χ3n) is 4.07. The molecular formula is C22H18O5. The highest BCUT2D eigenvalue weighted by atomic mass is 16.5. The number of phenolic OH excluding ortho intramolecular Hbond substituents is 1. The second kappa shape index (κ2) is 7.74. The van der Waals surface area contributed by atoms with E-state index in [1.54, 1.807) is 48.5 Å². The van der Waals surface area contributed by atoms with Gasteiger partial charge in [0.25, 0.3) is 0 Å². The number of rotatable bonds is 6. The van der Waals surface area contributed by atoms with Crippen LogP contribution in [0.15, 0.2) is 66.7 Å². The minimum Gasteiger partial charge on any atom is -0.508 e. The predicted molar refractivity (Wildman–Crippen MR) is 102 cm³/mol. The van der Waals surface area contributed by atoms with Gasteiger partial charge in [0.15, 0.2) is 5.78 Å². The summed E-state index contributed by atoms with van der Waals surface area (Å²) in [7, 11) is 0. The number of carboxylic acid groups (broad SMARTS) is 1. The number of benzene rings is 3. The third-order valence-corrected chi connectivity index (χ3v) is 4.07. The molecule has 0 atom stereocenters. The van der Waals surface area contributed by atoms with Crippen LogP contribution in [0.4, 0.5) is 0 Å². The Hall–Kier alpha value is -3.60. The second-order valence-electron chi connectivity index (χ2n) is 5.88. The minimum absolute atomic E-state index is 0.0326. The maximum Gasteiger partial charge on any atom is 0.336 e. The molecule has 0 aliphatic heterocycles. The van der Waals surface area contributed by atoms with E-state index in [9.17, 15) is 19.8 Å². The summed E-state index contributed by atoms with van der Waals surface area (Å²) in [6, 6.07) is 17.7. The van der Waals surface area contributed by atoms with Crippen molar-refractivity contribution in [1.29, 1.82) is 0 Å². The van der Waals surface area contributed by atoms with Crippen LogP contribution in [0.25, 0.3) is 11.1 Å². The third kappa shape index (κ3) is 3.82. The van der Waals surface area contributed by atoms with Crippen LogP contribution in [0.3, 0.4) is 0 Å². The molecule has 0 spiro atoms. The SMILES string of the molecule is CCOc1cc(O)cc(-c2cccc(C(=O)O)c2C(=O)c2ccccc2)c1. The van der Waals surface area contributed by atoms with Gasteiger partial charge in [-0.25, -0.2) is 4.79 Å². The number of carbonyl (C=O) groups is 2. The first-order valence-corrected chi connectivity index (χ1v) is 8.44. The van der Waals surface area contributed by atoms with E-state index in [-0.39, 0.29) is 16.9 Å². The normalized spacial score (nSPS) is 10.4. The summed E-state index contributed by atoms with van der Waals surface area (Å²) >= 11 is 0. The Balaban J connectivity index is 2.24. The van der Waals surface area contributed by atoms with E-state index in [0.717, 1.165) is 0 Å². The summed E-state index contributed by atoms with van der Waals surface area (Å²) in [6.07, 6.45) is 0. The number of ketones is 1. The highest BCUT2D eigenvalue weighted by Gasteiger charge is 2.23. The number of phenols is 1. The lowest BCUT2D eigenvalue weighted by molar-refractivity contribution is 0.0693. The molecule has 0 aromatic heterocycles. The molecule has 5 heteroatoms. The lowest BCUT2D eigenvalue weighted by Gasteiger charge is -2.14. The molecule has 0 saturated carbocycles. The number of aromatic hydroxyl groups is 1. The zero-order valence-electron chi connectivity index (χ0n) is 14.7. The van der Waals surface area contributed by atoms with Crippen molar-refractivity contribution in [2.75, 3.05) is 6.61 Å². The van der Waals surface area contributed by atoms with Crippen LogP contribution in [0, 0.1) is 0 Å². The molecule has 3 aromatic rings. The average Bonchev–Trinajstić information content (AvgIpc) is 2.67. The number of aromatic carboxylic acids is 1. The molecule has 0 amide bonds. The quantitative estimate of drug-likeness (QED) is 0.636. The first kappa shape index (κ1) is 18.2. The molecule has 0 saturated heterocycles. The second-order valence-corrected chi connectivity index (χ2v) is 5.88. The number of hydrogen-bond donors (Lipinski definition) is 2. The van der Waals surface area contributed by atoms with E-state index in [1.807, 2.05) is 6.92 Å². The first-order chi connectivity index (χ1) is 13.0. The van der Waals surface area contributed by atoms with E-state index in [0.29, 0.717) is 29.0 Å². The monoisotopic (exact) mass is 362 g/mol. The molecule has 0 heterocycles. The zero-order valence-corrected chi connectivity index (χ0v) is 14.7. The Labute approximate surface area is 156 Å². The molecule has 2 N–H and O–H groups in total. The summed E-state index contributed by atoms with van der Waals surface area (Å²) in [5.74, 6) is -1.19. The summed E-state index contributed by atoms with van der Waals surface area (Å²) in [6.45, 7) is 2.23. The summed E-state index contributed by atoms with van der Waals surface area (Å²) in [5.41, 5.74) is 1.28. The molecule has 0 unspecified atom stereocenters. The molecule has 0 aliphatic rings. The highest BCUT2D eigenvalue weighted by Crippen LogP contribution is 2.34. The average molecular weight is 362 g/mol. The van der Waals surface area contributed by atoms with Crippen LogP contribution in [0.5, 0.6) is 11.5 Å². The topological polar surface area (TPSA) is 83.8 Å². The Morgan fingerprint density at radius 3 is 2.37 bits per heavy atom. The van der Waals surface area contributed by atoms with Gasteiger partial charge in [-0.1, -0.05) is 42.5 Å². The molecule has 0 radical (unpaired) electrons. The van der Waals surface area contributed by atoms with Gasteiger partial charge in [-0.05, 0) is 36.2 Å². The summed E-state index contributed by atoms with van der Waals surface area (Å²) in [5, 5.41) is 19.6. The standard InChI is InChI=1S/C22H18O5/c1-2-27-17-12-15(11-16(23)13-17)18-9-6-10-19(22(25)26)20(18)21(24)14-7-4-3-5-8-14/h3-13,23H,2H2,1H3,(H,25,26). The Morgan fingerprint density at radius 1 is 0.963 bits per heavy atom. The highest BCUT2D eigenvalue weighted by molar-refractivity contribution is 6.17. The van der Waals surface area contributed by atoms with Crippen molar-refractivity contribution < 1.29 is 24.5 Å². The molecule has 136 valence electrons. The fourth-order valence-corrected chi connectivity index (χ4v) is 2.94. The Morgan fingerprint density at radius 2 is 1.70 bits per heavy atom. The van der Waals surface area contributed by atoms with Crippen molar-refractivity contribution in [3.63, 3.8) is 0 Å². The van der Waals surface area contributed by atoms with Crippen LogP contribution in [0.1, 0.15) is 33.2 Å². The van der Waals surface area contributed by atoms with Gasteiger partial charge in [0, 0.05) is 17.2 Å². The lowest BCUT2D eigenvalue weighted by Crippen LogP contribution is -2.11. The predicted octanol–water partition coefficient (Wildman–Crippen LogP) is 4.39. The van der Waals surface area contributed by atoms with Crippen molar-refractivity contribution in [2.24, 2.45) is 0 Å². The van der Waals surface area contributed by atoms with E-state index < -0.39 is 11.8 Å². The number of hydrogen-bond acceptors (Lipinski definition) is 4. The Bertz CT molecular complexity index is 993. The van der Waals surface area contributed by atoms with Crippen molar-refractivity contribution >= 4 is 11.8 Å². The molecule has 27 heavy (non-hydrogen) atoms. The van der Waals surface area contributed by atoms with Gasteiger partial charge in [-0.3, -0.25) is 4.79 Å². The zero-order chi connectivity index (χ0) is 19.4. The molecule has 0 aliphatic carbocycles. The van der Waals surface area contributed by atoms with Gasteiger partial charge in [0.2, 0.25) is 0 Å². The van der Waals surface area contributed by atoms with Gasteiger partial charge in [0.05, 0.1) is 12.2 Å². The fourth-order valence-electron chi connectivity index (χ4n) is 2.94. The van der Waals surface area contributed by atoms with Crippen LogP contribution < -0.4 is 4.74 Å². The van der Waals surface area contributed by atoms with Crippen molar-refractivity contribution in [3.8, 4) is 22.6 Å². The fraction of sp³-hybridized carbons (Fsp3) is 0.0909. The van der Waals surface area contributed by atoms with E-state index >= 15 is 0 Å². The number of carboxylic acids is 1.